The predicted octanol–water partition coefficient (Wildman–Crippen LogP) is 2.68. The lowest BCUT2D eigenvalue weighted by Crippen LogP contribution is -2.05. The molecule has 0 fully saturated rings. The standard InChI is InChI=1S/C9H6O2.C6H6/c10-8-5-6-3-1-2-4-7(6)9(8)11;1-2-4-6-5-3-1/h1-4H,5H2;1-6H. The van der Waals surface area contributed by atoms with Crippen LogP contribution < -0.4 is 0 Å². The Balaban J connectivity index is 0.000000153. The second kappa shape index (κ2) is 5.21. The highest BCUT2D eigenvalue weighted by molar-refractivity contribution is 6.47. The van der Waals surface area contributed by atoms with Crippen LogP contribution in [0.25, 0.3) is 0 Å². The Hall–Kier alpha value is -2.22. The summed E-state index contributed by atoms with van der Waals surface area (Å²) in [4.78, 5) is 21.9. The molecular weight excluding hydrogens is 212 g/mol. The second-order valence-electron chi connectivity index (χ2n) is 3.74. The summed E-state index contributed by atoms with van der Waals surface area (Å²) in [6, 6.07) is 19.1. The normalized spacial score (nSPS) is 12.7. The molecule has 3 rings (SSSR count). The molecule has 0 unspecified atom stereocenters. The van der Waals surface area contributed by atoms with Crippen LogP contribution in [-0.2, 0) is 11.2 Å². The van der Waals surface area contributed by atoms with Crippen molar-refractivity contribution in [2.24, 2.45) is 0 Å². The smallest absolute Gasteiger partial charge is 0.229 e. The maximum atomic E-state index is 11.0. The first-order valence-corrected chi connectivity index (χ1v) is 5.44. The van der Waals surface area contributed by atoms with Crippen molar-refractivity contribution >= 4 is 11.6 Å². The molecule has 2 aromatic carbocycles. The maximum absolute atomic E-state index is 11.0. The van der Waals surface area contributed by atoms with Gasteiger partial charge in [-0.25, -0.2) is 0 Å². The van der Waals surface area contributed by atoms with Crippen molar-refractivity contribution in [3.05, 3.63) is 71.8 Å². The topological polar surface area (TPSA) is 34.1 Å². The van der Waals surface area contributed by atoms with E-state index in [-0.39, 0.29) is 18.0 Å². The number of Topliss-reactive ketones (excluding diaryl/α,β-unsaturated/α-hetero) is 2. The Labute approximate surface area is 99.9 Å². The fraction of sp³-hybridized carbons (Fsp3) is 0.0667. The van der Waals surface area contributed by atoms with Crippen molar-refractivity contribution in [2.75, 3.05) is 0 Å². The van der Waals surface area contributed by atoms with Crippen LogP contribution in [0.1, 0.15) is 15.9 Å². The van der Waals surface area contributed by atoms with Gasteiger partial charge in [-0.3, -0.25) is 9.59 Å². The van der Waals surface area contributed by atoms with E-state index in [0.29, 0.717) is 5.56 Å². The quantitative estimate of drug-likeness (QED) is 0.645. The van der Waals surface area contributed by atoms with E-state index >= 15 is 0 Å². The van der Waals surface area contributed by atoms with Gasteiger partial charge in [0.15, 0.2) is 0 Å². The Kier molecular flexibility index (Phi) is 3.46. The molecule has 17 heavy (non-hydrogen) atoms. The molecule has 0 aromatic heterocycles. The number of rotatable bonds is 0. The fourth-order valence-electron chi connectivity index (χ4n) is 1.68. The van der Waals surface area contributed by atoms with E-state index < -0.39 is 0 Å². The molecule has 0 spiro atoms. The number of fused-ring (bicyclic) bond motifs is 1. The third-order valence-electron chi connectivity index (χ3n) is 2.53. The van der Waals surface area contributed by atoms with E-state index in [0.717, 1.165) is 5.56 Å². The van der Waals surface area contributed by atoms with E-state index in [1.807, 2.05) is 48.5 Å². The second-order valence-corrected chi connectivity index (χ2v) is 3.74. The van der Waals surface area contributed by atoms with Crippen molar-refractivity contribution in [1.82, 2.24) is 0 Å². The molecule has 2 aromatic rings. The van der Waals surface area contributed by atoms with Crippen LogP contribution >= 0.6 is 0 Å². The number of ketones is 2. The first-order chi connectivity index (χ1) is 8.29. The van der Waals surface area contributed by atoms with Crippen LogP contribution in [0.3, 0.4) is 0 Å². The maximum Gasteiger partial charge on any atom is 0.229 e. The lowest BCUT2D eigenvalue weighted by atomic mass is 10.1. The number of hydrogen-bond acceptors (Lipinski definition) is 2. The van der Waals surface area contributed by atoms with Crippen LogP contribution in [0.15, 0.2) is 60.7 Å². The SMILES string of the molecule is O=C1Cc2ccccc2C1=O.c1ccccc1. The van der Waals surface area contributed by atoms with Crippen molar-refractivity contribution in [3.63, 3.8) is 0 Å². The molecule has 0 N–H and O–H groups in total. The summed E-state index contributed by atoms with van der Waals surface area (Å²) < 4.78 is 0. The Morgan fingerprint density at radius 1 is 0.706 bits per heavy atom. The summed E-state index contributed by atoms with van der Waals surface area (Å²) in [5.74, 6) is -0.619. The van der Waals surface area contributed by atoms with Gasteiger partial charge < -0.3 is 0 Å². The van der Waals surface area contributed by atoms with Gasteiger partial charge in [-0.05, 0) is 5.56 Å². The summed E-state index contributed by atoms with van der Waals surface area (Å²) in [7, 11) is 0. The van der Waals surface area contributed by atoms with Crippen molar-refractivity contribution in [3.8, 4) is 0 Å². The minimum Gasteiger partial charge on any atom is -0.290 e. The van der Waals surface area contributed by atoms with Crippen LogP contribution in [0.5, 0.6) is 0 Å². The van der Waals surface area contributed by atoms with Gasteiger partial charge in [0.2, 0.25) is 11.6 Å². The van der Waals surface area contributed by atoms with Crippen LogP contribution in [-0.4, -0.2) is 11.6 Å². The van der Waals surface area contributed by atoms with Crippen LogP contribution in [0, 0.1) is 0 Å². The van der Waals surface area contributed by atoms with Gasteiger partial charge in [0.25, 0.3) is 0 Å². The zero-order valence-corrected chi connectivity index (χ0v) is 9.30. The number of hydrogen-bond donors (Lipinski definition) is 0. The largest absolute Gasteiger partial charge is 0.290 e. The summed E-state index contributed by atoms with van der Waals surface area (Å²) >= 11 is 0. The summed E-state index contributed by atoms with van der Waals surface area (Å²) in [5, 5.41) is 0. The van der Waals surface area contributed by atoms with E-state index in [9.17, 15) is 9.59 Å². The molecule has 0 radical (unpaired) electrons. The molecule has 2 nitrogen and oxygen atoms in total. The lowest BCUT2D eigenvalue weighted by molar-refractivity contribution is -0.114. The van der Waals surface area contributed by atoms with Crippen LogP contribution in [0.4, 0.5) is 0 Å². The molecule has 0 saturated carbocycles. The monoisotopic (exact) mass is 224 g/mol. The van der Waals surface area contributed by atoms with Crippen molar-refractivity contribution in [1.29, 1.82) is 0 Å². The van der Waals surface area contributed by atoms with Crippen molar-refractivity contribution < 1.29 is 9.59 Å². The van der Waals surface area contributed by atoms with Crippen molar-refractivity contribution in [2.45, 2.75) is 6.42 Å². The zero-order chi connectivity index (χ0) is 12.1. The molecule has 0 saturated heterocycles. The molecule has 0 aliphatic heterocycles. The van der Waals surface area contributed by atoms with E-state index in [1.165, 1.54) is 0 Å². The molecule has 0 bridgehead atoms. The van der Waals surface area contributed by atoms with E-state index in [2.05, 4.69) is 0 Å². The van der Waals surface area contributed by atoms with E-state index in [4.69, 9.17) is 0 Å². The number of carbonyl (C=O) groups excluding carboxylic acids is 2. The summed E-state index contributed by atoms with van der Waals surface area (Å²) in [6.07, 6.45) is 0.287. The molecule has 1 aliphatic carbocycles. The molecular formula is C15H12O2. The fourth-order valence-corrected chi connectivity index (χ4v) is 1.68. The molecule has 84 valence electrons. The average Bonchev–Trinajstić information content (AvgIpc) is 2.69. The van der Waals surface area contributed by atoms with Gasteiger partial charge >= 0.3 is 0 Å². The molecule has 0 heterocycles. The van der Waals surface area contributed by atoms with Gasteiger partial charge in [0.05, 0.1) is 0 Å². The number of benzene rings is 2. The highest BCUT2D eigenvalue weighted by atomic mass is 16.2. The Bertz CT molecular complexity index is 503. The third kappa shape index (κ3) is 2.67. The van der Waals surface area contributed by atoms with Gasteiger partial charge in [-0.15, -0.1) is 0 Å². The zero-order valence-electron chi connectivity index (χ0n) is 9.30. The van der Waals surface area contributed by atoms with E-state index in [1.54, 1.807) is 12.1 Å². The highest BCUT2D eigenvalue weighted by Crippen LogP contribution is 2.18. The summed E-state index contributed by atoms with van der Waals surface area (Å²) in [5.41, 5.74) is 1.44. The average molecular weight is 224 g/mol. The minimum absolute atomic E-state index is 0.286. The highest BCUT2D eigenvalue weighted by Gasteiger charge is 2.26. The third-order valence-corrected chi connectivity index (χ3v) is 2.53. The number of carbonyl (C=O) groups is 2. The van der Waals surface area contributed by atoms with Gasteiger partial charge in [0, 0.05) is 12.0 Å². The first-order valence-electron chi connectivity index (χ1n) is 5.44. The lowest BCUT2D eigenvalue weighted by Gasteiger charge is -1.90. The molecule has 0 amide bonds. The minimum atomic E-state index is -0.333. The summed E-state index contributed by atoms with van der Waals surface area (Å²) in [6.45, 7) is 0. The Morgan fingerprint density at radius 3 is 1.76 bits per heavy atom. The van der Waals surface area contributed by atoms with Crippen LogP contribution in [0.2, 0.25) is 0 Å². The molecule has 1 aliphatic rings. The molecule has 0 atom stereocenters. The first kappa shape index (κ1) is 11.3. The van der Waals surface area contributed by atoms with Gasteiger partial charge in [-0.1, -0.05) is 60.7 Å². The predicted molar refractivity (Wildman–Crippen MR) is 65.9 cm³/mol. The van der Waals surface area contributed by atoms with Gasteiger partial charge in [-0.2, -0.15) is 0 Å². The molecule has 2 heteroatoms. The Morgan fingerprint density at radius 2 is 1.24 bits per heavy atom. The van der Waals surface area contributed by atoms with Gasteiger partial charge in [0.1, 0.15) is 0 Å².